The summed E-state index contributed by atoms with van der Waals surface area (Å²) in [5.41, 5.74) is 9.20. The third-order valence-corrected chi connectivity index (χ3v) is 5.94. The van der Waals surface area contributed by atoms with E-state index in [1.54, 1.807) is 13.2 Å². The first kappa shape index (κ1) is 21.4. The highest BCUT2D eigenvalue weighted by Gasteiger charge is 2.31. The minimum atomic E-state index is -0.501. The monoisotopic (exact) mass is 448 g/mol. The van der Waals surface area contributed by atoms with Gasteiger partial charge in [0.25, 0.3) is 0 Å². The molecule has 0 spiro atoms. The van der Waals surface area contributed by atoms with Crippen LogP contribution in [0.5, 0.6) is 0 Å². The molecule has 5 rings (SSSR count). The topological polar surface area (TPSA) is 103 Å². The van der Waals surface area contributed by atoms with Crippen LogP contribution < -0.4 is 21.5 Å². The molecule has 0 aliphatic carbocycles. The van der Waals surface area contributed by atoms with Gasteiger partial charge in [0.1, 0.15) is 11.5 Å². The van der Waals surface area contributed by atoms with Gasteiger partial charge < -0.3 is 25.1 Å². The van der Waals surface area contributed by atoms with Crippen molar-refractivity contribution >= 4 is 33.8 Å². The van der Waals surface area contributed by atoms with E-state index >= 15 is 4.39 Å². The molecule has 1 fully saturated rings. The summed E-state index contributed by atoms with van der Waals surface area (Å²) in [5.74, 6) is 12.7. The molecular formula is C24H25FN6O2. The van der Waals surface area contributed by atoms with Gasteiger partial charge in [-0.05, 0) is 19.1 Å². The van der Waals surface area contributed by atoms with Crippen LogP contribution in [0.4, 0.5) is 27.4 Å². The molecule has 0 atom stereocenters. The number of rotatable bonds is 2. The number of halogens is 1. The molecule has 33 heavy (non-hydrogen) atoms. The van der Waals surface area contributed by atoms with Crippen molar-refractivity contribution in [2.45, 2.75) is 13.5 Å². The standard InChI is InChI=1S/C24H25FN6O2/c1-24(13-33-14-24)7-6-15-4-3-5-19-17(15)12-32-9-8-31(19)23-20-16(10-28-11-18(20)25)21(30(2)27)22(26)29-23/h3-5,10-11H,8-9,12-14,27H2,1-2H3,(H2,26,29). The maximum absolute atomic E-state index is 15.1. The first-order valence-corrected chi connectivity index (χ1v) is 10.7. The Morgan fingerprint density at radius 2 is 2.06 bits per heavy atom. The van der Waals surface area contributed by atoms with Crippen LogP contribution in [0.15, 0.2) is 30.6 Å². The molecule has 9 heteroatoms. The van der Waals surface area contributed by atoms with Crippen LogP contribution in [-0.4, -0.2) is 43.4 Å². The van der Waals surface area contributed by atoms with Crippen molar-refractivity contribution in [1.29, 1.82) is 0 Å². The molecule has 4 N–H and O–H groups in total. The number of nitrogen functional groups attached to an aromatic ring is 1. The van der Waals surface area contributed by atoms with Crippen LogP contribution in [0.1, 0.15) is 18.1 Å². The SMILES string of the molecule is CN(N)c1c(N)nc(N2CCOCc3c(C#CC4(C)COC4)cccc32)c2c(F)cncc12. The van der Waals surface area contributed by atoms with Gasteiger partial charge in [0, 0.05) is 42.0 Å². The lowest BCUT2D eigenvalue weighted by Gasteiger charge is -2.32. The molecule has 4 heterocycles. The lowest BCUT2D eigenvalue weighted by Crippen LogP contribution is -2.38. The van der Waals surface area contributed by atoms with Gasteiger partial charge in [0.05, 0.1) is 43.4 Å². The van der Waals surface area contributed by atoms with E-state index in [0.717, 1.165) is 16.8 Å². The number of hydrazine groups is 1. The lowest BCUT2D eigenvalue weighted by atomic mass is 9.89. The summed E-state index contributed by atoms with van der Waals surface area (Å²) < 4.78 is 26.3. The summed E-state index contributed by atoms with van der Waals surface area (Å²) in [7, 11) is 1.63. The fourth-order valence-corrected chi connectivity index (χ4v) is 4.23. The normalized spacial score (nSPS) is 16.9. The average Bonchev–Trinajstić information content (AvgIpc) is 2.98. The summed E-state index contributed by atoms with van der Waals surface area (Å²) in [5, 5.41) is 2.12. The van der Waals surface area contributed by atoms with Crippen LogP contribution >= 0.6 is 0 Å². The number of benzene rings is 1. The molecule has 1 saturated heterocycles. The van der Waals surface area contributed by atoms with Crippen molar-refractivity contribution in [3.8, 4) is 11.8 Å². The molecule has 1 aromatic carbocycles. The Kier molecular flexibility index (Phi) is 5.29. The van der Waals surface area contributed by atoms with Crippen LogP contribution in [0.25, 0.3) is 10.8 Å². The smallest absolute Gasteiger partial charge is 0.153 e. The molecule has 170 valence electrons. The molecule has 8 nitrogen and oxygen atoms in total. The van der Waals surface area contributed by atoms with Gasteiger partial charge in [-0.15, -0.1) is 0 Å². The molecule has 2 aliphatic rings. The van der Waals surface area contributed by atoms with E-state index in [2.05, 4.69) is 28.7 Å². The Morgan fingerprint density at radius 3 is 2.79 bits per heavy atom. The van der Waals surface area contributed by atoms with E-state index in [0.29, 0.717) is 55.2 Å². The van der Waals surface area contributed by atoms with Crippen molar-refractivity contribution in [1.82, 2.24) is 9.97 Å². The van der Waals surface area contributed by atoms with Gasteiger partial charge in [-0.25, -0.2) is 15.2 Å². The maximum atomic E-state index is 15.1. The first-order valence-electron chi connectivity index (χ1n) is 10.7. The summed E-state index contributed by atoms with van der Waals surface area (Å²) in [4.78, 5) is 10.5. The fourth-order valence-electron chi connectivity index (χ4n) is 4.23. The summed E-state index contributed by atoms with van der Waals surface area (Å²) >= 11 is 0. The highest BCUT2D eigenvalue weighted by molar-refractivity contribution is 6.05. The van der Waals surface area contributed by atoms with Crippen LogP contribution in [-0.2, 0) is 16.1 Å². The predicted molar refractivity (Wildman–Crippen MR) is 125 cm³/mol. The number of anilines is 4. The Hall–Kier alpha value is -3.45. The first-order chi connectivity index (χ1) is 15.9. The number of aromatic nitrogens is 2. The average molecular weight is 449 g/mol. The number of fused-ring (bicyclic) bond motifs is 2. The van der Waals surface area contributed by atoms with E-state index in [1.807, 2.05) is 23.1 Å². The van der Waals surface area contributed by atoms with E-state index < -0.39 is 5.82 Å². The van der Waals surface area contributed by atoms with Gasteiger partial charge in [-0.2, -0.15) is 0 Å². The van der Waals surface area contributed by atoms with Crippen molar-refractivity contribution in [3.05, 3.63) is 47.5 Å². The maximum Gasteiger partial charge on any atom is 0.153 e. The molecule has 3 aromatic rings. The fraction of sp³-hybridized carbons (Fsp3) is 0.333. The third kappa shape index (κ3) is 3.72. The molecule has 0 radical (unpaired) electrons. The van der Waals surface area contributed by atoms with E-state index in [9.17, 15) is 0 Å². The number of nitrogens with zero attached hydrogens (tertiary/aromatic N) is 4. The summed E-state index contributed by atoms with van der Waals surface area (Å²) in [6.45, 7) is 4.63. The van der Waals surface area contributed by atoms with Gasteiger partial charge in [-0.1, -0.05) is 17.9 Å². The Bertz CT molecular complexity index is 1300. The third-order valence-electron chi connectivity index (χ3n) is 5.94. The van der Waals surface area contributed by atoms with Crippen LogP contribution in [0, 0.1) is 23.1 Å². The molecule has 0 bridgehead atoms. The number of pyridine rings is 2. The zero-order valence-corrected chi connectivity index (χ0v) is 18.6. The second-order valence-electron chi connectivity index (χ2n) is 8.63. The van der Waals surface area contributed by atoms with Crippen molar-refractivity contribution < 1.29 is 13.9 Å². The van der Waals surface area contributed by atoms with Gasteiger partial charge in [0.2, 0.25) is 0 Å². The second-order valence-corrected chi connectivity index (χ2v) is 8.63. The number of hydrogen-bond donors (Lipinski definition) is 2. The van der Waals surface area contributed by atoms with Crippen LogP contribution in [0.2, 0.25) is 0 Å². The Morgan fingerprint density at radius 1 is 1.24 bits per heavy atom. The minimum Gasteiger partial charge on any atom is -0.382 e. The molecule has 0 saturated carbocycles. The highest BCUT2D eigenvalue weighted by atomic mass is 19.1. The molecule has 0 unspecified atom stereocenters. The summed E-state index contributed by atoms with van der Waals surface area (Å²) in [6.07, 6.45) is 2.72. The second kappa shape index (κ2) is 8.15. The van der Waals surface area contributed by atoms with Crippen LogP contribution in [0.3, 0.4) is 0 Å². The highest BCUT2D eigenvalue weighted by Crippen LogP contribution is 2.41. The lowest BCUT2D eigenvalue weighted by molar-refractivity contribution is -0.0648. The number of ether oxygens (including phenoxy) is 2. The van der Waals surface area contributed by atoms with Gasteiger partial charge in [0.15, 0.2) is 11.6 Å². The van der Waals surface area contributed by atoms with Crippen molar-refractivity contribution in [3.63, 3.8) is 0 Å². The zero-order chi connectivity index (χ0) is 23.2. The predicted octanol–water partition coefficient (Wildman–Crippen LogP) is 2.72. The Balaban J connectivity index is 1.70. The van der Waals surface area contributed by atoms with Crippen molar-refractivity contribution in [2.24, 2.45) is 11.3 Å². The van der Waals surface area contributed by atoms with Gasteiger partial charge >= 0.3 is 0 Å². The zero-order valence-electron chi connectivity index (χ0n) is 18.6. The largest absolute Gasteiger partial charge is 0.382 e. The minimum absolute atomic E-state index is 0.138. The molecule has 2 aliphatic heterocycles. The number of hydrogen-bond acceptors (Lipinski definition) is 8. The van der Waals surface area contributed by atoms with E-state index in [4.69, 9.17) is 21.1 Å². The van der Waals surface area contributed by atoms with E-state index in [1.165, 1.54) is 11.2 Å². The van der Waals surface area contributed by atoms with Gasteiger partial charge in [-0.3, -0.25) is 4.98 Å². The molecule has 0 amide bonds. The quantitative estimate of drug-likeness (QED) is 0.351. The Labute approximate surface area is 191 Å². The number of nitrogens with two attached hydrogens (primary N) is 2. The molecular weight excluding hydrogens is 423 g/mol. The molecule has 2 aromatic heterocycles. The van der Waals surface area contributed by atoms with E-state index in [-0.39, 0.29) is 11.2 Å². The summed E-state index contributed by atoms with van der Waals surface area (Å²) in [6, 6.07) is 5.87. The van der Waals surface area contributed by atoms with Crippen molar-refractivity contribution in [2.75, 3.05) is 49.1 Å².